The summed E-state index contributed by atoms with van der Waals surface area (Å²) in [7, 11) is 0. The smallest absolute Gasteiger partial charge is 0.253 e. The highest BCUT2D eigenvalue weighted by molar-refractivity contribution is 6.37. The van der Waals surface area contributed by atoms with Gasteiger partial charge in [-0.3, -0.25) is 9.59 Å². The second-order valence-corrected chi connectivity index (χ2v) is 12.1. The number of likely N-dealkylation sites (N-methyl/N-ethyl adjacent to an activating group) is 1. The van der Waals surface area contributed by atoms with Crippen molar-refractivity contribution in [2.24, 2.45) is 5.41 Å². The van der Waals surface area contributed by atoms with E-state index in [0.29, 0.717) is 48.4 Å². The predicted octanol–water partition coefficient (Wildman–Crippen LogP) is 5.86. The molecule has 206 valence electrons. The number of fused-ring (bicyclic) bond motifs is 2. The van der Waals surface area contributed by atoms with Crippen LogP contribution in [-0.2, 0) is 10.2 Å². The molecule has 0 saturated carbocycles. The maximum absolute atomic E-state index is 14.8. The number of carbonyl (C=O) groups excluding carboxylic acids is 2. The first-order valence-corrected chi connectivity index (χ1v) is 14.1. The van der Waals surface area contributed by atoms with E-state index in [1.807, 2.05) is 0 Å². The fourth-order valence-electron chi connectivity index (χ4n) is 5.93. The van der Waals surface area contributed by atoms with Gasteiger partial charge in [0, 0.05) is 41.5 Å². The number of benzene rings is 2. The van der Waals surface area contributed by atoms with Gasteiger partial charge in [0.2, 0.25) is 5.91 Å². The van der Waals surface area contributed by atoms with Gasteiger partial charge in [0.15, 0.2) is 0 Å². The average Bonchev–Trinajstić information content (AvgIpc) is 3.37. The van der Waals surface area contributed by atoms with Crippen LogP contribution in [0.4, 0.5) is 10.1 Å². The summed E-state index contributed by atoms with van der Waals surface area (Å²) in [5.41, 5.74) is 1.15. The van der Waals surface area contributed by atoms with Gasteiger partial charge in [0.05, 0.1) is 21.0 Å². The van der Waals surface area contributed by atoms with E-state index in [2.05, 4.69) is 55.5 Å². The molecule has 0 aromatic heterocycles. The molecule has 9 heteroatoms. The number of halogens is 3. The van der Waals surface area contributed by atoms with Crippen LogP contribution in [0.3, 0.4) is 0 Å². The standard InChI is InChI=1S/C29H37Cl2FN4O2/c1-6-36(7-2)14-13-34-26(37)23-18(30)15-20-24(22(23)17-9-8-10-19(32)25(17)31)29(27(38)35-20)11-12-33-21(29)16-28(3,4)5/h8-10,15,21,33H,6-7,11-14,16H2,1-5H3,(H,34,37)(H,35,38). The monoisotopic (exact) mass is 562 g/mol. The number of carbonyl (C=O) groups is 2. The Bertz CT molecular complexity index is 1240. The van der Waals surface area contributed by atoms with Crippen molar-refractivity contribution in [2.45, 2.75) is 58.9 Å². The van der Waals surface area contributed by atoms with Gasteiger partial charge in [-0.2, -0.15) is 0 Å². The lowest BCUT2D eigenvalue weighted by Gasteiger charge is -2.35. The molecule has 1 spiro atoms. The molecule has 2 aliphatic heterocycles. The Hall–Kier alpha value is -2.19. The molecule has 1 fully saturated rings. The molecule has 0 aliphatic carbocycles. The number of anilines is 1. The van der Waals surface area contributed by atoms with Crippen LogP contribution in [-0.4, -0.2) is 55.5 Å². The Morgan fingerprint density at radius 1 is 1.24 bits per heavy atom. The van der Waals surface area contributed by atoms with Crippen molar-refractivity contribution in [1.82, 2.24) is 15.5 Å². The second kappa shape index (κ2) is 11.1. The first-order chi connectivity index (χ1) is 17.9. The highest BCUT2D eigenvalue weighted by atomic mass is 35.5. The third kappa shape index (κ3) is 5.18. The van der Waals surface area contributed by atoms with Gasteiger partial charge in [-0.25, -0.2) is 4.39 Å². The van der Waals surface area contributed by atoms with E-state index in [-0.39, 0.29) is 38.9 Å². The summed E-state index contributed by atoms with van der Waals surface area (Å²) in [4.78, 5) is 29.7. The molecule has 6 nitrogen and oxygen atoms in total. The number of hydrogen-bond acceptors (Lipinski definition) is 4. The molecule has 2 amide bonds. The molecular formula is C29H37Cl2FN4O2. The molecule has 1 saturated heterocycles. The zero-order valence-electron chi connectivity index (χ0n) is 22.7. The summed E-state index contributed by atoms with van der Waals surface area (Å²) < 4.78 is 14.8. The second-order valence-electron chi connectivity index (χ2n) is 11.4. The number of amides is 2. The largest absolute Gasteiger partial charge is 0.351 e. The maximum Gasteiger partial charge on any atom is 0.253 e. The molecule has 2 atom stereocenters. The van der Waals surface area contributed by atoms with Gasteiger partial charge in [-0.1, -0.05) is 70.0 Å². The number of rotatable bonds is 8. The van der Waals surface area contributed by atoms with Crippen molar-refractivity contribution in [3.63, 3.8) is 0 Å². The Morgan fingerprint density at radius 3 is 2.61 bits per heavy atom. The van der Waals surface area contributed by atoms with Crippen molar-refractivity contribution in [3.05, 3.63) is 51.3 Å². The van der Waals surface area contributed by atoms with Crippen LogP contribution in [0, 0.1) is 11.2 Å². The van der Waals surface area contributed by atoms with Crippen molar-refractivity contribution in [2.75, 3.05) is 38.0 Å². The van der Waals surface area contributed by atoms with Crippen LogP contribution in [0.25, 0.3) is 11.1 Å². The van der Waals surface area contributed by atoms with Crippen LogP contribution in [0.5, 0.6) is 0 Å². The number of hydrogen-bond donors (Lipinski definition) is 3. The fraction of sp³-hybridized carbons (Fsp3) is 0.517. The van der Waals surface area contributed by atoms with Gasteiger partial charge < -0.3 is 20.9 Å². The summed E-state index contributed by atoms with van der Waals surface area (Å²) in [6, 6.07) is 5.98. The molecule has 4 rings (SSSR count). The van der Waals surface area contributed by atoms with Gasteiger partial charge in [-0.05, 0) is 50.0 Å². The molecule has 3 N–H and O–H groups in total. The molecule has 2 aromatic rings. The zero-order valence-corrected chi connectivity index (χ0v) is 24.2. The predicted molar refractivity (Wildman–Crippen MR) is 153 cm³/mol. The third-order valence-corrected chi connectivity index (χ3v) is 8.44. The van der Waals surface area contributed by atoms with Gasteiger partial charge in [-0.15, -0.1) is 0 Å². The Balaban J connectivity index is 1.93. The molecule has 2 heterocycles. The summed E-state index contributed by atoms with van der Waals surface area (Å²) in [5, 5.41) is 9.63. The minimum absolute atomic E-state index is 0.0637. The minimum atomic E-state index is -0.950. The van der Waals surface area contributed by atoms with Crippen LogP contribution >= 0.6 is 23.2 Å². The highest BCUT2D eigenvalue weighted by Crippen LogP contribution is 2.54. The molecule has 2 unspecified atom stereocenters. The Labute approximate surface area is 234 Å². The lowest BCUT2D eigenvalue weighted by Crippen LogP contribution is -2.47. The first kappa shape index (κ1) is 28.8. The highest BCUT2D eigenvalue weighted by Gasteiger charge is 2.57. The first-order valence-electron chi connectivity index (χ1n) is 13.3. The van der Waals surface area contributed by atoms with Crippen LogP contribution < -0.4 is 16.0 Å². The van der Waals surface area contributed by atoms with Crippen molar-refractivity contribution in [3.8, 4) is 11.1 Å². The lowest BCUT2D eigenvalue weighted by molar-refractivity contribution is -0.121. The van der Waals surface area contributed by atoms with Crippen molar-refractivity contribution in [1.29, 1.82) is 0 Å². The Morgan fingerprint density at radius 2 is 1.95 bits per heavy atom. The fourth-order valence-corrected chi connectivity index (χ4v) is 6.44. The third-order valence-electron chi connectivity index (χ3n) is 7.76. The van der Waals surface area contributed by atoms with E-state index < -0.39 is 11.2 Å². The van der Waals surface area contributed by atoms with Crippen LogP contribution in [0.2, 0.25) is 10.0 Å². The van der Waals surface area contributed by atoms with Gasteiger partial charge >= 0.3 is 0 Å². The number of nitrogens with zero attached hydrogens (tertiary/aromatic N) is 1. The Kier molecular flexibility index (Phi) is 8.43. The van der Waals surface area contributed by atoms with Gasteiger partial charge in [0.1, 0.15) is 5.82 Å². The number of nitrogens with one attached hydrogen (secondary N) is 3. The van der Waals surface area contributed by atoms with E-state index in [4.69, 9.17) is 23.2 Å². The molecule has 2 aromatic carbocycles. The van der Waals surface area contributed by atoms with Crippen LogP contribution in [0.15, 0.2) is 24.3 Å². The zero-order chi connectivity index (χ0) is 27.8. The topological polar surface area (TPSA) is 73.5 Å². The van der Waals surface area contributed by atoms with E-state index in [1.54, 1.807) is 18.2 Å². The van der Waals surface area contributed by atoms with E-state index >= 15 is 0 Å². The molecule has 0 radical (unpaired) electrons. The van der Waals surface area contributed by atoms with E-state index in [9.17, 15) is 14.0 Å². The van der Waals surface area contributed by atoms with Crippen molar-refractivity contribution >= 4 is 40.7 Å². The van der Waals surface area contributed by atoms with E-state index in [1.165, 1.54) is 6.07 Å². The maximum atomic E-state index is 14.8. The summed E-state index contributed by atoms with van der Waals surface area (Å²) in [6.45, 7) is 14.0. The van der Waals surface area contributed by atoms with Crippen LogP contribution in [0.1, 0.15) is 63.4 Å². The normalized spacial score (nSPS) is 20.8. The van der Waals surface area contributed by atoms with E-state index in [0.717, 1.165) is 19.5 Å². The summed E-state index contributed by atoms with van der Waals surface area (Å²) in [6.07, 6.45) is 1.27. The summed E-state index contributed by atoms with van der Waals surface area (Å²) in [5.74, 6) is -1.13. The molecular weight excluding hydrogens is 526 g/mol. The van der Waals surface area contributed by atoms with Crippen molar-refractivity contribution < 1.29 is 14.0 Å². The SMILES string of the molecule is CCN(CC)CCNC(=O)c1c(Cl)cc2c(c1-c1cccc(F)c1Cl)C1(CCNC1CC(C)(C)C)C(=O)N2. The average molecular weight is 564 g/mol. The summed E-state index contributed by atoms with van der Waals surface area (Å²) >= 11 is 13.3. The lowest BCUT2D eigenvalue weighted by atomic mass is 9.68. The minimum Gasteiger partial charge on any atom is -0.351 e. The van der Waals surface area contributed by atoms with Gasteiger partial charge in [0.25, 0.3) is 5.91 Å². The molecule has 2 aliphatic rings. The molecule has 38 heavy (non-hydrogen) atoms. The quantitative estimate of drug-likeness (QED) is 0.376. The molecule has 0 bridgehead atoms.